The molecular weight excluding hydrogens is 220 g/mol. The Kier molecular flexibility index (Phi) is 2.92. The lowest BCUT2D eigenvalue weighted by molar-refractivity contribution is 0.131. The van der Waals surface area contributed by atoms with E-state index in [2.05, 4.69) is 49.4 Å². The monoisotopic (exact) mass is 238 g/mol. The van der Waals surface area contributed by atoms with Gasteiger partial charge in [-0.15, -0.1) is 0 Å². The summed E-state index contributed by atoms with van der Waals surface area (Å²) in [5.41, 5.74) is 4.98. The normalized spacial score (nSPS) is 22.6. The maximum absolute atomic E-state index is 10.6. The van der Waals surface area contributed by atoms with Crippen LogP contribution in [0.4, 0.5) is 0 Å². The molecule has 0 unspecified atom stereocenters. The van der Waals surface area contributed by atoms with Crippen molar-refractivity contribution in [2.75, 3.05) is 0 Å². The SMILES string of the molecule is Cc1ccccc1[C@@H]1CCc2ccccc2[C@@H]1O. The summed E-state index contributed by atoms with van der Waals surface area (Å²) in [6, 6.07) is 16.7. The fourth-order valence-electron chi connectivity index (χ4n) is 3.06. The second-order valence-electron chi connectivity index (χ2n) is 5.15. The summed E-state index contributed by atoms with van der Waals surface area (Å²) in [7, 11) is 0. The Morgan fingerprint density at radius 2 is 1.61 bits per heavy atom. The molecule has 18 heavy (non-hydrogen) atoms. The summed E-state index contributed by atoms with van der Waals surface area (Å²) in [4.78, 5) is 0. The molecule has 1 aliphatic rings. The molecule has 0 radical (unpaired) electrons. The van der Waals surface area contributed by atoms with Crippen molar-refractivity contribution in [3.63, 3.8) is 0 Å². The summed E-state index contributed by atoms with van der Waals surface area (Å²) < 4.78 is 0. The number of hydrogen-bond donors (Lipinski definition) is 1. The molecule has 0 saturated heterocycles. The molecule has 0 spiro atoms. The molecular formula is C17H18O. The fraction of sp³-hybridized carbons (Fsp3) is 0.294. The van der Waals surface area contributed by atoms with Crippen molar-refractivity contribution in [2.24, 2.45) is 0 Å². The molecule has 2 aromatic rings. The highest BCUT2D eigenvalue weighted by Crippen LogP contribution is 2.41. The maximum atomic E-state index is 10.6. The lowest BCUT2D eigenvalue weighted by atomic mass is 9.77. The zero-order chi connectivity index (χ0) is 12.5. The second-order valence-corrected chi connectivity index (χ2v) is 5.15. The number of benzene rings is 2. The predicted octanol–water partition coefficient (Wildman–Crippen LogP) is 3.76. The van der Waals surface area contributed by atoms with Gasteiger partial charge >= 0.3 is 0 Å². The van der Waals surface area contributed by atoms with Crippen LogP contribution in [0.1, 0.15) is 40.7 Å². The molecule has 0 bridgehead atoms. The van der Waals surface area contributed by atoms with Crippen molar-refractivity contribution in [1.29, 1.82) is 0 Å². The molecule has 1 heteroatoms. The minimum absolute atomic E-state index is 0.237. The summed E-state index contributed by atoms with van der Waals surface area (Å²) in [5.74, 6) is 0.237. The third kappa shape index (κ3) is 1.85. The van der Waals surface area contributed by atoms with Gasteiger partial charge in [0.05, 0.1) is 6.10 Å². The molecule has 2 aromatic carbocycles. The highest BCUT2D eigenvalue weighted by molar-refractivity contribution is 5.38. The highest BCUT2D eigenvalue weighted by atomic mass is 16.3. The van der Waals surface area contributed by atoms with Crippen LogP contribution < -0.4 is 0 Å². The van der Waals surface area contributed by atoms with Crippen LogP contribution in [0, 0.1) is 6.92 Å². The highest BCUT2D eigenvalue weighted by Gasteiger charge is 2.29. The van der Waals surface area contributed by atoms with Gasteiger partial charge < -0.3 is 5.11 Å². The number of rotatable bonds is 1. The first-order chi connectivity index (χ1) is 8.77. The Morgan fingerprint density at radius 3 is 2.39 bits per heavy atom. The Balaban J connectivity index is 2.00. The van der Waals surface area contributed by atoms with Gasteiger partial charge in [0.15, 0.2) is 0 Å². The van der Waals surface area contributed by atoms with Gasteiger partial charge in [-0.3, -0.25) is 0 Å². The van der Waals surface area contributed by atoms with Crippen LogP contribution in [-0.2, 0) is 6.42 Å². The van der Waals surface area contributed by atoms with Crippen LogP contribution in [0.5, 0.6) is 0 Å². The third-order valence-corrected chi connectivity index (χ3v) is 4.07. The van der Waals surface area contributed by atoms with Crippen LogP contribution in [0.15, 0.2) is 48.5 Å². The molecule has 1 N–H and O–H groups in total. The van der Waals surface area contributed by atoms with Gasteiger partial charge in [-0.1, -0.05) is 48.5 Å². The zero-order valence-corrected chi connectivity index (χ0v) is 10.6. The van der Waals surface area contributed by atoms with Crippen LogP contribution in [0.3, 0.4) is 0 Å². The number of aryl methyl sites for hydroxylation is 2. The molecule has 0 fully saturated rings. The lowest BCUT2D eigenvalue weighted by Crippen LogP contribution is -2.19. The van der Waals surface area contributed by atoms with Crippen molar-refractivity contribution >= 4 is 0 Å². The van der Waals surface area contributed by atoms with Crippen LogP contribution in [0.25, 0.3) is 0 Å². The van der Waals surface area contributed by atoms with Crippen LogP contribution >= 0.6 is 0 Å². The van der Waals surface area contributed by atoms with E-state index in [-0.39, 0.29) is 12.0 Å². The predicted molar refractivity (Wildman–Crippen MR) is 73.6 cm³/mol. The van der Waals surface area contributed by atoms with Crippen LogP contribution in [0.2, 0.25) is 0 Å². The van der Waals surface area contributed by atoms with E-state index in [9.17, 15) is 5.11 Å². The molecule has 0 heterocycles. The van der Waals surface area contributed by atoms with Crippen molar-refractivity contribution in [1.82, 2.24) is 0 Å². The van der Waals surface area contributed by atoms with Gasteiger partial charge in [0.1, 0.15) is 0 Å². The quantitative estimate of drug-likeness (QED) is 0.802. The van der Waals surface area contributed by atoms with E-state index in [4.69, 9.17) is 0 Å². The molecule has 0 aromatic heterocycles. The van der Waals surface area contributed by atoms with E-state index < -0.39 is 0 Å². The summed E-state index contributed by atoms with van der Waals surface area (Å²) >= 11 is 0. The first-order valence-corrected chi connectivity index (χ1v) is 6.59. The molecule has 2 atom stereocenters. The number of aliphatic hydroxyl groups is 1. The molecule has 0 amide bonds. The van der Waals surface area contributed by atoms with Crippen molar-refractivity contribution in [3.05, 3.63) is 70.8 Å². The average Bonchev–Trinajstić information content (AvgIpc) is 2.41. The Labute approximate surface area is 108 Å². The third-order valence-electron chi connectivity index (χ3n) is 4.07. The van der Waals surface area contributed by atoms with Gasteiger partial charge in [-0.2, -0.15) is 0 Å². The Morgan fingerprint density at radius 1 is 0.944 bits per heavy atom. The molecule has 92 valence electrons. The smallest absolute Gasteiger partial charge is 0.0861 e. The molecule has 0 saturated carbocycles. The number of fused-ring (bicyclic) bond motifs is 1. The molecule has 3 rings (SSSR count). The largest absolute Gasteiger partial charge is 0.388 e. The maximum Gasteiger partial charge on any atom is 0.0861 e. The van der Waals surface area contributed by atoms with E-state index in [0.29, 0.717) is 0 Å². The van der Waals surface area contributed by atoms with Gasteiger partial charge in [-0.25, -0.2) is 0 Å². The molecule has 1 nitrogen and oxygen atoms in total. The van der Waals surface area contributed by atoms with E-state index >= 15 is 0 Å². The van der Waals surface area contributed by atoms with Gasteiger partial charge in [0.25, 0.3) is 0 Å². The summed E-state index contributed by atoms with van der Waals surface area (Å²) in [5, 5.41) is 10.6. The topological polar surface area (TPSA) is 20.2 Å². The first kappa shape index (κ1) is 11.5. The van der Waals surface area contributed by atoms with Crippen LogP contribution in [-0.4, -0.2) is 5.11 Å². The van der Waals surface area contributed by atoms with Gasteiger partial charge in [0, 0.05) is 5.92 Å². The van der Waals surface area contributed by atoms with Gasteiger partial charge in [-0.05, 0) is 42.0 Å². The first-order valence-electron chi connectivity index (χ1n) is 6.59. The number of hydrogen-bond acceptors (Lipinski definition) is 1. The van der Waals surface area contributed by atoms with Crippen molar-refractivity contribution < 1.29 is 5.11 Å². The summed E-state index contributed by atoms with van der Waals surface area (Å²) in [6.07, 6.45) is 1.73. The van der Waals surface area contributed by atoms with E-state index in [0.717, 1.165) is 18.4 Å². The van der Waals surface area contributed by atoms with E-state index in [1.54, 1.807) is 0 Å². The molecule has 0 aliphatic heterocycles. The standard InChI is InChI=1S/C17H18O/c1-12-6-2-4-8-14(12)16-11-10-13-7-3-5-9-15(13)17(16)18/h2-9,16-18H,10-11H2,1H3/t16-,17-/m0/s1. The van der Waals surface area contributed by atoms with E-state index in [1.807, 2.05) is 6.07 Å². The lowest BCUT2D eigenvalue weighted by Gasteiger charge is -2.31. The average molecular weight is 238 g/mol. The second kappa shape index (κ2) is 4.58. The van der Waals surface area contributed by atoms with E-state index in [1.165, 1.54) is 16.7 Å². The zero-order valence-electron chi connectivity index (χ0n) is 10.6. The Hall–Kier alpha value is -1.60. The van der Waals surface area contributed by atoms with Crippen molar-refractivity contribution in [3.8, 4) is 0 Å². The minimum Gasteiger partial charge on any atom is -0.388 e. The van der Waals surface area contributed by atoms with Crippen molar-refractivity contribution in [2.45, 2.75) is 31.8 Å². The van der Waals surface area contributed by atoms with Gasteiger partial charge in [0.2, 0.25) is 0 Å². The fourth-order valence-corrected chi connectivity index (χ4v) is 3.06. The Bertz CT molecular complexity index is 559. The molecule has 1 aliphatic carbocycles. The minimum atomic E-state index is -0.365. The summed E-state index contributed by atoms with van der Waals surface area (Å²) in [6.45, 7) is 2.13. The number of aliphatic hydroxyl groups excluding tert-OH is 1.